The molecule has 0 aliphatic carbocycles. The van der Waals surface area contributed by atoms with Gasteiger partial charge in [0.2, 0.25) is 0 Å². The van der Waals surface area contributed by atoms with Gasteiger partial charge in [0.15, 0.2) is 0 Å². The minimum Gasteiger partial charge on any atom is -0.497 e. The summed E-state index contributed by atoms with van der Waals surface area (Å²) in [6.07, 6.45) is 1.69. The lowest BCUT2D eigenvalue weighted by atomic mass is 10.1. The zero-order valence-electron chi connectivity index (χ0n) is 21.5. The SMILES string of the molecule is COc1ccc(-c2nn(-c3ccccc3)cc2C(=O)Nc2ccc(C(=O)NC(C)(C)C)cc2)c(OC)c1. The second kappa shape index (κ2) is 10.6. The Morgan fingerprint density at radius 2 is 1.57 bits per heavy atom. The molecule has 0 bridgehead atoms. The predicted molar refractivity (Wildman–Crippen MR) is 144 cm³/mol. The fraction of sp³-hybridized carbons (Fsp3) is 0.207. The maximum atomic E-state index is 13.5. The molecule has 4 rings (SSSR count). The number of hydrogen-bond acceptors (Lipinski definition) is 5. The van der Waals surface area contributed by atoms with Crippen LogP contribution in [0.15, 0.2) is 79.0 Å². The smallest absolute Gasteiger partial charge is 0.259 e. The van der Waals surface area contributed by atoms with Crippen molar-refractivity contribution in [2.24, 2.45) is 0 Å². The largest absolute Gasteiger partial charge is 0.497 e. The highest BCUT2D eigenvalue weighted by Crippen LogP contribution is 2.35. The Bertz CT molecular complexity index is 1400. The number of nitrogens with zero attached hydrogens (tertiary/aromatic N) is 2. The molecule has 0 aliphatic rings. The lowest BCUT2D eigenvalue weighted by Gasteiger charge is -2.20. The zero-order chi connectivity index (χ0) is 26.6. The van der Waals surface area contributed by atoms with Crippen LogP contribution in [0.4, 0.5) is 5.69 Å². The first kappa shape index (κ1) is 25.5. The van der Waals surface area contributed by atoms with Crippen LogP contribution in [0.2, 0.25) is 0 Å². The van der Waals surface area contributed by atoms with Crippen molar-refractivity contribution < 1.29 is 19.1 Å². The van der Waals surface area contributed by atoms with Gasteiger partial charge in [-0.25, -0.2) is 4.68 Å². The van der Waals surface area contributed by atoms with E-state index in [-0.39, 0.29) is 17.4 Å². The first-order valence-electron chi connectivity index (χ1n) is 11.8. The average molecular weight is 499 g/mol. The van der Waals surface area contributed by atoms with Gasteiger partial charge in [0.1, 0.15) is 17.2 Å². The third-order valence-electron chi connectivity index (χ3n) is 5.54. The number of para-hydroxylation sites is 1. The standard InChI is InChI=1S/C29H30N4O4/c1-29(2,3)31-27(34)19-11-13-20(14-12-19)30-28(35)24-18-33(21-9-7-6-8-10-21)32-26(24)23-16-15-22(36-4)17-25(23)37-5/h6-18H,1-5H3,(H,30,35)(H,31,34). The highest BCUT2D eigenvalue weighted by atomic mass is 16.5. The number of nitrogens with one attached hydrogen (secondary N) is 2. The molecule has 0 spiro atoms. The van der Waals surface area contributed by atoms with Crippen LogP contribution in [0.1, 0.15) is 41.5 Å². The van der Waals surface area contributed by atoms with Gasteiger partial charge in [0.25, 0.3) is 11.8 Å². The second-order valence-corrected chi connectivity index (χ2v) is 9.47. The molecule has 8 heteroatoms. The first-order valence-corrected chi connectivity index (χ1v) is 11.8. The van der Waals surface area contributed by atoms with E-state index in [1.54, 1.807) is 61.5 Å². The summed E-state index contributed by atoms with van der Waals surface area (Å²) in [7, 11) is 3.14. The maximum Gasteiger partial charge on any atom is 0.259 e. The normalized spacial score (nSPS) is 11.1. The third-order valence-corrected chi connectivity index (χ3v) is 5.54. The molecule has 0 radical (unpaired) electrons. The Morgan fingerprint density at radius 1 is 0.865 bits per heavy atom. The molecule has 0 saturated heterocycles. The Morgan fingerprint density at radius 3 is 2.19 bits per heavy atom. The fourth-order valence-corrected chi connectivity index (χ4v) is 3.76. The number of ether oxygens (including phenoxy) is 2. The van der Waals surface area contributed by atoms with E-state index in [0.29, 0.717) is 39.6 Å². The molecule has 190 valence electrons. The van der Waals surface area contributed by atoms with Crippen molar-refractivity contribution in [2.45, 2.75) is 26.3 Å². The van der Waals surface area contributed by atoms with E-state index in [0.717, 1.165) is 5.69 Å². The number of anilines is 1. The van der Waals surface area contributed by atoms with E-state index in [2.05, 4.69) is 10.6 Å². The molecule has 1 heterocycles. The van der Waals surface area contributed by atoms with Gasteiger partial charge in [-0.1, -0.05) is 18.2 Å². The van der Waals surface area contributed by atoms with Gasteiger partial charge in [-0.3, -0.25) is 9.59 Å². The fourth-order valence-electron chi connectivity index (χ4n) is 3.76. The molecular weight excluding hydrogens is 468 g/mol. The lowest BCUT2D eigenvalue weighted by molar-refractivity contribution is 0.0919. The molecule has 1 aromatic heterocycles. The summed E-state index contributed by atoms with van der Waals surface area (Å²) in [6, 6.07) is 21.7. The lowest BCUT2D eigenvalue weighted by Crippen LogP contribution is -2.40. The molecule has 3 aromatic carbocycles. The molecule has 2 N–H and O–H groups in total. The van der Waals surface area contributed by atoms with Crippen LogP contribution in [0.25, 0.3) is 16.9 Å². The summed E-state index contributed by atoms with van der Waals surface area (Å²) in [4.78, 5) is 25.9. The Hall–Kier alpha value is -4.59. The van der Waals surface area contributed by atoms with Crippen molar-refractivity contribution in [3.05, 3.63) is 90.1 Å². The predicted octanol–water partition coefficient (Wildman–Crippen LogP) is 5.34. The van der Waals surface area contributed by atoms with Crippen LogP contribution in [0.5, 0.6) is 11.5 Å². The monoisotopic (exact) mass is 498 g/mol. The summed E-state index contributed by atoms with van der Waals surface area (Å²) in [5.74, 6) is 0.635. The highest BCUT2D eigenvalue weighted by molar-refractivity contribution is 6.08. The Kier molecular flexibility index (Phi) is 7.29. The highest BCUT2D eigenvalue weighted by Gasteiger charge is 2.22. The molecule has 0 saturated carbocycles. The topological polar surface area (TPSA) is 94.5 Å². The van der Waals surface area contributed by atoms with Gasteiger partial charge in [0, 0.05) is 34.6 Å². The summed E-state index contributed by atoms with van der Waals surface area (Å²) in [6.45, 7) is 5.76. The number of amides is 2. The number of methoxy groups -OCH3 is 2. The number of rotatable bonds is 7. The van der Waals surface area contributed by atoms with Crippen molar-refractivity contribution in [2.75, 3.05) is 19.5 Å². The van der Waals surface area contributed by atoms with Crippen molar-refractivity contribution in [1.82, 2.24) is 15.1 Å². The van der Waals surface area contributed by atoms with Crippen LogP contribution < -0.4 is 20.1 Å². The van der Waals surface area contributed by atoms with Gasteiger partial charge in [0.05, 0.1) is 25.5 Å². The molecule has 4 aromatic rings. The van der Waals surface area contributed by atoms with Crippen molar-refractivity contribution in [1.29, 1.82) is 0 Å². The number of carbonyl (C=O) groups excluding carboxylic acids is 2. The molecular formula is C29H30N4O4. The third kappa shape index (κ3) is 5.98. The van der Waals surface area contributed by atoms with Gasteiger partial charge in [-0.2, -0.15) is 5.10 Å². The number of carbonyl (C=O) groups is 2. The van der Waals surface area contributed by atoms with Crippen LogP contribution in [-0.4, -0.2) is 41.4 Å². The van der Waals surface area contributed by atoms with Crippen molar-refractivity contribution >= 4 is 17.5 Å². The molecule has 0 aliphatic heterocycles. The second-order valence-electron chi connectivity index (χ2n) is 9.47. The Balaban J connectivity index is 1.68. The Labute approximate surface area is 216 Å². The zero-order valence-corrected chi connectivity index (χ0v) is 21.5. The number of benzene rings is 3. The summed E-state index contributed by atoms with van der Waals surface area (Å²) in [5, 5.41) is 10.6. The van der Waals surface area contributed by atoms with Crippen LogP contribution in [0.3, 0.4) is 0 Å². The van der Waals surface area contributed by atoms with Crippen molar-refractivity contribution in [3.63, 3.8) is 0 Å². The van der Waals surface area contributed by atoms with E-state index in [4.69, 9.17) is 14.6 Å². The average Bonchev–Trinajstić information content (AvgIpc) is 3.34. The number of hydrogen-bond donors (Lipinski definition) is 2. The van der Waals surface area contributed by atoms with E-state index < -0.39 is 0 Å². The summed E-state index contributed by atoms with van der Waals surface area (Å²) < 4.78 is 12.6. The van der Waals surface area contributed by atoms with Crippen molar-refractivity contribution in [3.8, 4) is 28.4 Å². The van der Waals surface area contributed by atoms with Gasteiger partial charge >= 0.3 is 0 Å². The van der Waals surface area contributed by atoms with Gasteiger partial charge < -0.3 is 20.1 Å². The summed E-state index contributed by atoms with van der Waals surface area (Å²) >= 11 is 0. The molecule has 2 amide bonds. The quantitative estimate of drug-likeness (QED) is 0.359. The van der Waals surface area contributed by atoms with Crippen LogP contribution in [0, 0.1) is 0 Å². The minimum absolute atomic E-state index is 0.177. The minimum atomic E-state index is -0.345. The first-order chi connectivity index (χ1) is 17.7. The molecule has 0 unspecified atom stereocenters. The van der Waals surface area contributed by atoms with E-state index >= 15 is 0 Å². The maximum absolute atomic E-state index is 13.5. The molecule has 8 nitrogen and oxygen atoms in total. The molecule has 0 fully saturated rings. The van der Waals surface area contributed by atoms with Crippen LogP contribution >= 0.6 is 0 Å². The van der Waals surface area contributed by atoms with E-state index in [9.17, 15) is 9.59 Å². The van der Waals surface area contributed by atoms with Gasteiger partial charge in [-0.15, -0.1) is 0 Å². The van der Waals surface area contributed by atoms with Gasteiger partial charge in [-0.05, 0) is 69.3 Å². The summed E-state index contributed by atoms with van der Waals surface area (Å²) in [5.41, 5.74) is 3.00. The van der Waals surface area contributed by atoms with E-state index in [1.807, 2.05) is 57.2 Å². The van der Waals surface area contributed by atoms with Crippen LogP contribution in [-0.2, 0) is 0 Å². The molecule has 37 heavy (non-hydrogen) atoms. The number of aromatic nitrogens is 2. The van der Waals surface area contributed by atoms with E-state index in [1.165, 1.54) is 0 Å². The molecule has 0 atom stereocenters.